The van der Waals surface area contributed by atoms with Gasteiger partial charge in [0, 0.05) is 25.6 Å². The normalized spacial score (nSPS) is 9.88. The number of pyridine rings is 1. The Morgan fingerprint density at radius 2 is 2.19 bits per heavy atom. The molecule has 1 rings (SSSR count). The summed E-state index contributed by atoms with van der Waals surface area (Å²) in [5, 5.41) is 2.96. The van der Waals surface area contributed by atoms with Crippen molar-refractivity contribution in [2.24, 2.45) is 0 Å². The van der Waals surface area contributed by atoms with Gasteiger partial charge in [-0.3, -0.25) is 9.59 Å². The van der Waals surface area contributed by atoms with Crippen molar-refractivity contribution in [3.8, 4) is 0 Å². The number of amides is 1. The van der Waals surface area contributed by atoms with Crippen LogP contribution in [0.25, 0.3) is 0 Å². The predicted molar refractivity (Wildman–Crippen MR) is 64.7 cm³/mol. The van der Waals surface area contributed by atoms with Gasteiger partial charge in [-0.1, -0.05) is 22.0 Å². The third-order valence-electron chi connectivity index (χ3n) is 1.97. The average Bonchev–Trinajstić information content (AvgIpc) is 2.28. The van der Waals surface area contributed by atoms with Gasteiger partial charge in [0.2, 0.25) is 5.91 Å². The van der Waals surface area contributed by atoms with Gasteiger partial charge < -0.3 is 5.32 Å². The van der Waals surface area contributed by atoms with Gasteiger partial charge in [-0.05, 0) is 12.1 Å². The van der Waals surface area contributed by atoms with Crippen molar-refractivity contribution in [2.45, 2.75) is 13.3 Å². The van der Waals surface area contributed by atoms with E-state index in [0.717, 1.165) is 5.69 Å². The highest BCUT2D eigenvalue weighted by molar-refractivity contribution is 9.09. The molecule has 1 aromatic heterocycles. The van der Waals surface area contributed by atoms with E-state index in [4.69, 9.17) is 0 Å². The van der Waals surface area contributed by atoms with Gasteiger partial charge in [-0.2, -0.15) is 0 Å². The van der Waals surface area contributed by atoms with E-state index < -0.39 is 0 Å². The summed E-state index contributed by atoms with van der Waals surface area (Å²) in [6, 6.07) is 5.32. The number of aromatic nitrogens is 1. The van der Waals surface area contributed by atoms with Gasteiger partial charge in [-0.15, -0.1) is 0 Å². The van der Waals surface area contributed by atoms with Crippen LogP contribution in [-0.4, -0.2) is 28.5 Å². The van der Waals surface area contributed by atoms with Crippen molar-refractivity contribution in [1.29, 1.82) is 0 Å². The molecule has 0 unspecified atom stereocenters. The van der Waals surface area contributed by atoms with E-state index in [-0.39, 0.29) is 17.0 Å². The highest BCUT2D eigenvalue weighted by Gasteiger charge is 2.05. The Balaban J connectivity index is 2.60. The van der Waals surface area contributed by atoms with Crippen LogP contribution in [0.5, 0.6) is 0 Å². The molecular formula is C11H13BrN2O2. The van der Waals surface area contributed by atoms with E-state index in [1.54, 1.807) is 12.1 Å². The molecule has 16 heavy (non-hydrogen) atoms. The summed E-state index contributed by atoms with van der Waals surface area (Å²) < 4.78 is 0. The highest BCUT2D eigenvalue weighted by atomic mass is 79.9. The molecule has 0 aliphatic heterocycles. The maximum Gasteiger partial charge on any atom is 0.216 e. The van der Waals surface area contributed by atoms with E-state index in [1.165, 1.54) is 6.92 Å². The molecule has 0 fully saturated rings. The fourth-order valence-electron chi connectivity index (χ4n) is 1.21. The van der Waals surface area contributed by atoms with E-state index in [0.29, 0.717) is 18.7 Å². The van der Waals surface area contributed by atoms with Crippen LogP contribution in [0.4, 0.5) is 0 Å². The fourth-order valence-corrected chi connectivity index (χ4v) is 1.50. The fraction of sp³-hybridized carbons (Fsp3) is 0.364. The number of rotatable bonds is 5. The number of hydrogen-bond donors (Lipinski definition) is 1. The van der Waals surface area contributed by atoms with Crippen LogP contribution in [0.1, 0.15) is 23.1 Å². The number of carbonyl (C=O) groups is 2. The monoisotopic (exact) mass is 284 g/mol. The first-order valence-electron chi connectivity index (χ1n) is 4.93. The minimum absolute atomic E-state index is 0.0404. The summed E-state index contributed by atoms with van der Waals surface area (Å²) in [7, 11) is 0. The lowest BCUT2D eigenvalue weighted by atomic mass is 10.2. The van der Waals surface area contributed by atoms with Gasteiger partial charge in [0.15, 0.2) is 5.78 Å². The Morgan fingerprint density at radius 3 is 2.81 bits per heavy atom. The Kier molecular flexibility index (Phi) is 5.11. The third-order valence-corrected chi connectivity index (χ3v) is 2.48. The zero-order valence-corrected chi connectivity index (χ0v) is 10.6. The van der Waals surface area contributed by atoms with E-state index in [2.05, 4.69) is 26.2 Å². The summed E-state index contributed by atoms with van der Waals surface area (Å²) in [6.07, 6.45) is 0.628. The number of ketones is 1. The molecule has 1 amide bonds. The Morgan fingerprint density at radius 1 is 1.44 bits per heavy atom. The summed E-state index contributed by atoms with van der Waals surface area (Å²) in [5.41, 5.74) is 1.26. The maximum atomic E-state index is 11.4. The first kappa shape index (κ1) is 12.8. The number of alkyl halides is 1. The zero-order valence-electron chi connectivity index (χ0n) is 9.00. The molecule has 4 nitrogen and oxygen atoms in total. The number of hydrogen-bond acceptors (Lipinski definition) is 3. The van der Waals surface area contributed by atoms with Crippen LogP contribution in [0.2, 0.25) is 0 Å². The number of halogens is 1. The summed E-state index contributed by atoms with van der Waals surface area (Å²) >= 11 is 3.10. The summed E-state index contributed by atoms with van der Waals surface area (Å²) in [5.74, 6) is -0.103. The summed E-state index contributed by atoms with van der Waals surface area (Å²) in [4.78, 5) is 26.2. The van der Waals surface area contributed by atoms with Gasteiger partial charge in [-0.25, -0.2) is 4.98 Å². The molecular weight excluding hydrogens is 272 g/mol. The highest BCUT2D eigenvalue weighted by Crippen LogP contribution is 2.02. The van der Waals surface area contributed by atoms with Crippen molar-refractivity contribution < 1.29 is 9.59 Å². The molecule has 0 aliphatic rings. The molecule has 1 aromatic rings. The molecule has 0 saturated carbocycles. The quantitative estimate of drug-likeness (QED) is 0.656. The van der Waals surface area contributed by atoms with Crippen molar-refractivity contribution in [3.05, 3.63) is 29.6 Å². The molecule has 0 atom stereocenters. The molecule has 0 spiro atoms. The Bertz CT molecular complexity index is 393. The maximum absolute atomic E-state index is 11.4. The number of nitrogens with zero attached hydrogens (tertiary/aromatic N) is 1. The second-order valence-corrected chi connectivity index (χ2v) is 3.86. The van der Waals surface area contributed by atoms with Crippen LogP contribution < -0.4 is 5.32 Å². The lowest BCUT2D eigenvalue weighted by Crippen LogP contribution is -2.22. The zero-order chi connectivity index (χ0) is 12.0. The Hall–Kier alpha value is -1.23. The smallest absolute Gasteiger partial charge is 0.216 e. The predicted octanol–water partition coefficient (Wildman–Crippen LogP) is 1.34. The van der Waals surface area contributed by atoms with Crippen LogP contribution in [0.15, 0.2) is 18.2 Å². The molecule has 0 saturated heterocycles. The largest absolute Gasteiger partial charge is 0.356 e. The lowest BCUT2D eigenvalue weighted by Gasteiger charge is -2.03. The Labute approximate surface area is 103 Å². The van der Waals surface area contributed by atoms with Crippen molar-refractivity contribution >= 4 is 27.6 Å². The van der Waals surface area contributed by atoms with Gasteiger partial charge >= 0.3 is 0 Å². The molecule has 0 aliphatic carbocycles. The standard InChI is InChI=1S/C11H13BrN2O2/c1-8(15)13-6-5-9-3-2-4-10(14-9)11(16)7-12/h2-4H,5-7H2,1H3,(H,13,15). The SMILES string of the molecule is CC(=O)NCCc1cccc(C(=O)CBr)n1. The van der Waals surface area contributed by atoms with Crippen molar-refractivity contribution in [2.75, 3.05) is 11.9 Å². The van der Waals surface area contributed by atoms with Crippen molar-refractivity contribution in [3.63, 3.8) is 0 Å². The second-order valence-electron chi connectivity index (χ2n) is 3.30. The molecule has 0 aromatic carbocycles. The third kappa shape index (κ3) is 4.10. The minimum atomic E-state index is -0.0623. The molecule has 0 bridgehead atoms. The topological polar surface area (TPSA) is 59.1 Å². The summed E-state index contributed by atoms with van der Waals surface area (Å²) in [6.45, 7) is 2.01. The second kappa shape index (κ2) is 6.37. The first-order chi connectivity index (χ1) is 7.63. The number of nitrogens with one attached hydrogen (secondary N) is 1. The first-order valence-corrected chi connectivity index (χ1v) is 6.05. The van der Waals surface area contributed by atoms with Crippen LogP contribution >= 0.6 is 15.9 Å². The van der Waals surface area contributed by atoms with E-state index in [9.17, 15) is 9.59 Å². The van der Waals surface area contributed by atoms with Crippen LogP contribution in [-0.2, 0) is 11.2 Å². The minimum Gasteiger partial charge on any atom is -0.356 e. The van der Waals surface area contributed by atoms with Gasteiger partial charge in [0.25, 0.3) is 0 Å². The molecule has 5 heteroatoms. The molecule has 86 valence electrons. The van der Waals surface area contributed by atoms with E-state index >= 15 is 0 Å². The molecule has 1 heterocycles. The van der Waals surface area contributed by atoms with Crippen LogP contribution in [0.3, 0.4) is 0 Å². The number of carbonyl (C=O) groups excluding carboxylic acids is 2. The lowest BCUT2D eigenvalue weighted by molar-refractivity contribution is -0.118. The number of Topliss-reactive ketones (excluding diaryl/α,β-unsaturated/α-hetero) is 1. The van der Waals surface area contributed by atoms with Crippen LogP contribution in [0, 0.1) is 0 Å². The van der Waals surface area contributed by atoms with Gasteiger partial charge in [0.05, 0.1) is 5.33 Å². The van der Waals surface area contributed by atoms with Crippen molar-refractivity contribution in [1.82, 2.24) is 10.3 Å². The van der Waals surface area contributed by atoms with E-state index in [1.807, 2.05) is 6.07 Å². The molecule has 0 radical (unpaired) electrons. The average molecular weight is 285 g/mol. The van der Waals surface area contributed by atoms with Gasteiger partial charge in [0.1, 0.15) is 5.69 Å². The molecule has 1 N–H and O–H groups in total.